The van der Waals surface area contributed by atoms with Crippen molar-refractivity contribution in [2.45, 2.75) is 39.2 Å². The first-order valence-electron chi connectivity index (χ1n) is 7.53. The molecule has 2 heterocycles. The zero-order chi connectivity index (χ0) is 14.2. The first-order chi connectivity index (χ1) is 9.75. The van der Waals surface area contributed by atoms with Crippen LogP contribution in [0.4, 0.5) is 5.69 Å². The Labute approximate surface area is 125 Å². The van der Waals surface area contributed by atoms with Gasteiger partial charge in [-0.15, -0.1) is 11.3 Å². The minimum Gasteiger partial charge on any atom is -0.325 e. The lowest BCUT2D eigenvalue weighted by molar-refractivity contribution is -0.114. The molecule has 1 saturated heterocycles. The quantitative estimate of drug-likeness (QED) is 0.760. The molecule has 1 aliphatic heterocycles. The van der Waals surface area contributed by atoms with E-state index in [1.807, 2.05) is 11.4 Å². The van der Waals surface area contributed by atoms with Crippen molar-refractivity contribution in [3.63, 3.8) is 0 Å². The number of anilines is 1. The van der Waals surface area contributed by atoms with Gasteiger partial charge in [-0.05, 0) is 56.9 Å². The molecule has 1 aromatic rings. The number of hydrogen-bond acceptors (Lipinski definition) is 4. The summed E-state index contributed by atoms with van der Waals surface area (Å²) < 4.78 is 0. The third-order valence-corrected chi connectivity index (χ3v) is 4.54. The predicted molar refractivity (Wildman–Crippen MR) is 85.2 cm³/mol. The van der Waals surface area contributed by atoms with Gasteiger partial charge in [-0.1, -0.05) is 6.42 Å². The molecule has 0 saturated carbocycles. The van der Waals surface area contributed by atoms with Crippen LogP contribution in [0.1, 0.15) is 37.5 Å². The van der Waals surface area contributed by atoms with Crippen molar-refractivity contribution >= 4 is 22.9 Å². The largest absolute Gasteiger partial charge is 0.325 e. The third kappa shape index (κ3) is 5.23. The molecule has 112 valence electrons. The topological polar surface area (TPSA) is 44.4 Å². The number of carbonyl (C=O) groups excluding carboxylic acids is 1. The highest BCUT2D eigenvalue weighted by atomic mass is 32.1. The Morgan fingerprint density at radius 2 is 2.15 bits per heavy atom. The fraction of sp³-hybridized carbons (Fsp3) is 0.667. The lowest BCUT2D eigenvalue weighted by Gasteiger charge is -2.26. The molecule has 4 nitrogen and oxygen atoms in total. The van der Waals surface area contributed by atoms with Crippen LogP contribution in [0.5, 0.6) is 0 Å². The van der Waals surface area contributed by atoms with Crippen LogP contribution in [-0.4, -0.2) is 37.0 Å². The van der Waals surface area contributed by atoms with Gasteiger partial charge in [0.05, 0.1) is 5.69 Å². The van der Waals surface area contributed by atoms with E-state index in [2.05, 4.69) is 15.5 Å². The molecule has 1 aliphatic rings. The Morgan fingerprint density at radius 3 is 2.90 bits per heavy atom. The smallest absolute Gasteiger partial charge is 0.221 e. The molecule has 0 bridgehead atoms. The summed E-state index contributed by atoms with van der Waals surface area (Å²) in [7, 11) is 0. The number of piperidine rings is 1. The number of nitrogens with one attached hydrogen (secondary N) is 2. The van der Waals surface area contributed by atoms with Crippen LogP contribution in [0.25, 0.3) is 0 Å². The maximum Gasteiger partial charge on any atom is 0.221 e. The monoisotopic (exact) mass is 295 g/mol. The van der Waals surface area contributed by atoms with E-state index in [0.717, 1.165) is 18.8 Å². The van der Waals surface area contributed by atoms with Crippen molar-refractivity contribution in [1.82, 2.24) is 10.2 Å². The maximum atomic E-state index is 11.1. The number of thiophene rings is 1. The standard InChI is InChI=1S/C15H25N3OS/c1-13(19)17-14-6-11-20-15(14)12-16-7-5-10-18-8-3-2-4-9-18/h6,11,16H,2-5,7-10,12H2,1H3,(H,17,19). The highest BCUT2D eigenvalue weighted by Gasteiger charge is 2.09. The number of amides is 1. The average Bonchev–Trinajstić information content (AvgIpc) is 2.86. The van der Waals surface area contributed by atoms with E-state index in [1.54, 1.807) is 18.3 Å². The minimum atomic E-state index is -0.00486. The van der Waals surface area contributed by atoms with Gasteiger partial charge in [-0.2, -0.15) is 0 Å². The summed E-state index contributed by atoms with van der Waals surface area (Å²) in [5.74, 6) is -0.00486. The number of carbonyl (C=O) groups is 1. The number of rotatable bonds is 7. The molecule has 2 rings (SSSR count). The van der Waals surface area contributed by atoms with Crippen LogP contribution >= 0.6 is 11.3 Å². The summed E-state index contributed by atoms with van der Waals surface area (Å²) in [6.45, 7) is 7.18. The molecule has 0 unspecified atom stereocenters. The van der Waals surface area contributed by atoms with Gasteiger partial charge in [0.2, 0.25) is 5.91 Å². The summed E-state index contributed by atoms with van der Waals surface area (Å²) >= 11 is 1.69. The highest BCUT2D eigenvalue weighted by Crippen LogP contribution is 2.21. The SMILES string of the molecule is CC(=O)Nc1ccsc1CNCCCN1CCCCC1. The van der Waals surface area contributed by atoms with Crippen molar-refractivity contribution < 1.29 is 4.79 Å². The maximum absolute atomic E-state index is 11.1. The van der Waals surface area contributed by atoms with Crippen molar-refractivity contribution in [3.8, 4) is 0 Å². The molecule has 5 heteroatoms. The Morgan fingerprint density at radius 1 is 1.35 bits per heavy atom. The summed E-state index contributed by atoms with van der Waals surface area (Å²) in [6.07, 6.45) is 5.32. The van der Waals surface area contributed by atoms with Crippen LogP contribution in [0.3, 0.4) is 0 Å². The first kappa shape index (κ1) is 15.5. The van der Waals surface area contributed by atoms with E-state index in [0.29, 0.717) is 0 Å². The Balaban J connectivity index is 1.60. The van der Waals surface area contributed by atoms with Gasteiger partial charge in [-0.25, -0.2) is 0 Å². The van der Waals surface area contributed by atoms with Gasteiger partial charge >= 0.3 is 0 Å². The van der Waals surface area contributed by atoms with E-state index in [4.69, 9.17) is 0 Å². The average molecular weight is 295 g/mol. The molecule has 1 amide bonds. The number of likely N-dealkylation sites (tertiary alicyclic amines) is 1. The van der Waals surface area contributed by atoms with Gasteiger partial charge in [0, 0.05) is 18.3 Å². The zero-order valence-electron chi connectivity index (χ0n) is 12.3. The molecule has 2 N–H and O–H groups in total. The Bertz CT molecular complexity index is 413. The van der Waals surface area contributed by atoms with Gasteiger partial charge in [-0.3, -0.25) is 4.79 Å². The fourth-order valence-corrected chi connectivity index (χ4v) is 3.39. The minimum absolute atomic E-state index is 0.00486. The third-order valence-electron chi connectivity index (χ3n) is 3.62. The molecule has 1 aromatic heterocycles. The van der Waals surface area contributed by atoms with Gasteiger partial charge in [0.25, 0.3) is 0 Å². The zero-order valence-corrected chi connectivity index (χ0v) is 13.1. The predicted octanol–water partition coefficient (Wildman–Crippen LogP) is 2.67. The molecule has 0 aromatic carbocycles. The van der Waals surface area contributed by atoms with Crippen molar-refractivity contribution in [2.75, 3.05) is 31.5 Å². The van der Waals surface area contributed by atoms with E-state index in [-0.39, 0.29) is 5.91 Å². The van der Waals surface area contributed by atoms with Crippen LogP contribution in [0.2, 0.25) is 0 Å². The molecule has 0 aliphatic carbocycles. The summed E-state index contributed by atoms with van der Waals surface area (Å²) in [4.78, 5) is 14.9. The lowest BCUT2D eigenvalue weighted by atomic mass is 10.1. The van der Waals surface area contributed by atoms with E-state index in [1.165, 1.54) is 50.2 Å². The Hall–Kier alpha value is -0.910. The van der Waals surface area contributed by atoms with E-state index >= 15 is 0 Å². The van der Waals surface area contributed by atoms with E-state index in [9.17, 15) is 4.79 Å². The molecular weight excluding hydrogens is 270 g/mol. The summed E-state index contributed by atoms with van der Waals surface area (Å²) in [6, 6.07) is 1.97. The molecular formula is C15H25N3OS. The van der Waals surface area contributed by atoms with Gasteiger partial charge < -0.3 is 15.5 Å². The van der Waals surface area contributed by atoms with Gasteiger partial charge in [0.15, 0.2) is 0 Å². The van der Waals surface area contributed by atoms with Crippen molar-refractivity contribution in [1.29, 1.82) is 0 Å². The van der Waals surface area contributed by atoms with Crippen LogP contribution < -0.4 is 10.6 Å². The molecule has 0 spiro atoms. The van der Waals surface area contributed by atoms with Crippen molar-refractivity contribution in [3.05, 3.63) is 16.3 Å². The van der Waals surface area contributed by atoms with Crippen LogP contribution in [0.15, 0.2) is 11.4 Å². The summed E-state index contributed by atoms with van der Waals surface area (Å²) in [5.41, 5.74) is 0.950. The molecule has 0 radical (unpaired) electrons. The second-order valence-corrected chi connectivity index (χ2v) is 6.37. The van der Waals surface area contributed by atoms with Crippen LogP contribution in [-0.2, 0) is 11.3 Å². The highest BCUT2D eigenvalue weighted by molar-refractivity contribution is 7.10. The molecule has 0 atom stereocenters. The van der Waals surface area contributed by atoms with Gasteiger partial charge in [0.1, 0.15) is 0 Å². The van der Waals surface area contributed by atoms with E-state index < -0.39 is 0 Å². The second-order valence-electron chi connectivity index (χ2n) is 5.37. The van der Waals surface area contributed by atoms with Crippen molar-refractivity contribution in [2.24, 2.45) is 0 Å². The second kappa shape index (κ2) is 8.39. The molecule has 20 heavy (non-hydrogen) atoms. The molecule has 1 fully saturated rings. The first-order valence-corrected chi connectivity index (χ1v) is 8.40. The fourth-order valence-electron chi connectivity index (χ4n) is 2.59. The number of hydrogen-bond donors (Lipinski definition) is 2. The number of nitrogens with zero attached hydrogens (tertiary/aromatic N) is 1. The Kier molecular flexibility index (Phi) is 6.50. The lowest BCUT2D eigenvalue weighted by Crippen LogP contribution is -2.32. The van der Waals surface area contributed by atoms with Crippen LogP contribution in [0, 0.1) is 0 Å². The summed E-state index contributed by atoms with van der Waals surface area (Å²) in [5, 5.41) is 8.37. The normalized spacial score (nSPS) is 16.2.